The minimum atomic E-state index is -1.96. The first kappa shape index (κ1) is 80.7. The summed E-state index contributed by atoms with van der Waals surface area (Å²) in [5.41, 5.74) is 14.0. The van der Waals surface area contributed by atoms with Crippen LogP contribution in [0.1, 0.15) is 95.4 Å². The van der Waals surface area contributed by atoms with E-state index in [2.05, 4.69) is 58.2 Å². The number of hydrogen-bond acceptors (Lipinski definition) is 21. The number of carbonyl (C=O) groups is 11. The predicted octanol–water partition coefficient (Wildman–Crippen LogP) is -2.17. The zero-order valence-electron chi connectivity index (χ0n) is 59.4. The van der Waals surface area contributed by atoms with Crippen molar-refractivity contribution in [1.82, 2.24) is 57.8 Å². The summed E-state index contributed by atoms with van der Waals surface area (Å²) >= 11 is 0. The quantitative estimate of drug-likeness (QED) is 0.0448. The van der Waals surface area contributed by atoms with Crippen LogP contribution in [-0.2, 0) is 83.2 Å². The molecule has 11 amide bonds. The van der Waals surface area contributed by atoms with Gasteiger partial charge in [0.25, 0.3) is 0 Å². The maximum Gasteiger partial charge on any atom is 0.246 e. The van der Waals surface area contributed by atoms with E-state index >= 15 is 33.6 Å². The smallest absolute Gasteiger partial charge is 0.246 e. The Balaban J connectivity index is 1.22. The SMILES string of the molecule is CC(C)C[C@@H]1NC(=O)[C@H](CCCN)NC(=O)[C@H](C(C)C)NC(=O)[C@H](Cc2ccc(O)cc2)NC(=O)[C@H](CC2CN([C@H]3O[C@H](CO)[C@@H](O)[C@H](O)[C@@H]3O)N=N2)NC(=O)[C@H](C(C)C(N)=O)NC(=O)[C@@H](Cc2ccccc2)NC(=O)[C@H](Cc2ccccc2)NC(=O)[C@@H]2CCCN2C(=O)[C@@H](Cc2ccccc2)NC1=O. The fraction of sp³-hybridized carbons (Fsp3) is 0.521. The molecule has 3 fully saturated rings. The molecule has 4 aliphatic rings. The molecule has 4 aliphatic heterocycles. The molecular formula is C73H99N15O17. The van der Waals surface area contributed by atoms with E-state index in [4.69, 9.17) is 16.2 Å². The van der Waals surface area contributed by atoms with Crippen molar-refractivity contribution in [2.24, 2.45) is 39.6 Å². The van der Waals surface area contributed by atoms with Crippen molar-refractivity contribution in [3.8, 4) is 5.75 Å². The molecule has 8 rings (SSSR count). The summed E-state index contributed by atoms with van der Waals surface area (Å²) in [7, 11) is 0. The van der Waals surface area contributed by atoms with Crippen LogP contribution in [0.5, 0.6) is 5.75 Å². The van der Waals surface area contributed by atoms with Gasteiger partial charge in [0, 0.05) is 38.6 Å². The van der Waals surface area contributed by atoms with Crippen molar-refractivity contribution in [2.75, 3.05) is 26.2 Å². The van der Waals surface area contributed by atoms with E-state index in [0.717, 1.165) is 5.01 Å². The summed E-state index contributed by atoms with van der Waals surface area (Å²) in [4.78, 5) is 166. The molecule has 4 aromatic rings. The van der Waals surface area contributed by atoms with Gasteiger partial charge in [-0.05, 0) is 84.9 Å². The molecule has 17 atom stereocenters. The highest BCUT2D eigenvalue weighted by molar-refractivity contribution is 6.01. The maximum atomic E-state index is 15.4. The molecule has 568 valence electrons. The lowest BCUT2D eigenvalue weighted by Crippen LogP contribution is -2.63. The van der Waals surface area contributed by atoms with Crippen LogP contribution in [0.4, 0.5) is 0 Å². The van der Waals surface area contributed by atoms with Gasteiger partial charge in [-0.25, -0.2) is 5.01 Å². The number of primary amides is 1. The summed E-state index contributed by atoms with van der Waals surface area (Å²) in [6.07, 6.45) is -9.03. The van der Waals surface area contributed by atoms with E-state index in [-0.39, 0.29) is 82.7 Å². The van der Waals surface area contributed by atoms with Gasteiger partial charge >= 0.3 is 0 Å². The molecular weight excluding hydrogens is 1360 g/mol. The number of nitrogens with one attached hydrogen (secondary N) is 9. The van der Waals surface area contributed by atoms with Crippen LogP contribution in [0.2, 0.25) is 0 Å². The van der Waals surface area contributed by atoms with Crippen LogP contribution in [0, 0.1) is 17.8 Å². The van der Waals surface area contributed by atoms with Crippen LogP contribution in [0.15, 0.2) is 126 Å². The third-order valence-electron chi connectivity index (χ3n) is 19.1. The average Bonchev–Trinajstić information content (AvgIpc) is 1.75. The Morgan fingerprint density at radius 3 is 1.51 bits per heavy atom. The Kier molecular flexibility index (Phi) is 29.3. The topological polar surface area (TPSA) is 490 Å². The van der Waals surface area contributed by atoms with Gasteiger partial charge in [0.1, 0.15) is 90.6 Å². The number of carbonyl (C=O) groups excluding carboxylic acids is 11. The molecule has 32 nitrogen and oxygen atoms in total. The number of fused-ring (bicyclic) bond motifs is 1. The van der Waals surface area contributed by atoms with Gasteiger partial charge in [0.15, 0.2) is 6.23 Å². The highest BCUT2D eigenvalue weighted by atomic mass is 16.6. The molecule has 2 unspecified atom stereocenters. The largest absolute Gasteiger partial charge is 0.508 e. The Bertz CT molecular complexity index is 3670. The number of aliphatic hydroxyl groups excluding tert-OH is 4. The predicted molar refractivity (Wildman–Crippen MR) is 379 cm³/mol. The number of amides is 11. The first-order valence-corrected chi connectivity index (χ1v) is 35.5. The Morgan fingerprint density at radius 1 is 0.543 bits per heavy atom. The Labute approximate surface area is 608 Å². The van der Waals surface area contributed by atoms with Crippen LogP contribution >= 0.6 is 0 Å². The van der Waals surface area contributed by atoms with Gasteiger partial charge in [0.2, 0.25) is 65.0 Å². The van der Waals surface area contributed by atoms with Gasteiger partial charge in [-0.15, -0.1) is 0 Å². The summed E-state index contributed by atoms with van der Waals surface area (Å²) in [6.45, 7) is 7.06. The van der Waals surface area contributed by atoms with Crippen molar-refractivity contribution in [3.63, 3.8) is 0 Å². The van der Waals surface area contributed by atoms with Gasteiger partial charge in [-0.1, -0.05) is 143 Å². The Hall–Kier alpha value is -9.99. The minimum absolute atomic E-state index is 0.0383. The van der Waals surface area contributed by atoms with Crippen LogP contribution in [0.25, 0.3) is 0 Å². The molecule has 0 bridgehead atoms. The van der Waals surface area contributed by atoms with Gasteiger partial charge < -0.3 is 94.5 Å². The zero-order valence-corrected chi connectivity index (χ0v) is 59.4. The molecule has 0 aromatic heterocycles. The zero-order chi connectivity index (χ0) is 76.2. The number of ether oxygens (including phenoxy) is 1. The standard InChI is InChI=1S/C73H99N15O17/c1-39(2)31-49-64(96)82-54(35-44-21-13-8-14-22-44)72(104)87-30-16-24-55(87)69(101)80-50(32-42-17-9-6-10-18-42)65(97)78-51(33-43-19-11-7-12-20-43)68(100)84-58(41(5)62(75)94)71(103)81-53(36-46-37-88(86-85-46)73-61(93)60(92)59(91)56(38-89)105-73)66(98)79-52(34-45-25-27-47(90)28-26-45)67(99)83-57(40(3)4)70(102)76-48(23-15-29-74)63(95)77-49/h6-14,17-22,25-28,39-41,46,48-61,73,89-93H,15-16,23-24,29-38,74H2,1-5H3,(H2,75,94)(H,76,102)(H,77,95)(H,78,97)(H,79,98)(H,80,101)(H,81,103)(H,82,96)(H,83,99)(H,84,100)/t41?,46?,48-,49-,50-,51+,52-,53-,54+,55-,56+,57-,58-,59+,60-,61-,73-/m0/s1. The highest BCUT2D eigenvalue weighted by Gasteiger charge is 2.49. The summed E-state index contributed by atoms with van der Waals surface area (Å²) in [5.74, 6) is -13.0. The molecule has 0 radical (unpaired) electrons. The Morgan fingerprint density at radius 2 is 0.990 bits per heavy atom. The van der Waals surface area contributed by atoms with Crippen molar-refractivity contribution in [2.45, 2.75) is 196 Å². The lowest BCUT2D eigenvalue weighted by molar-refractivity contribution is -0.264. The molecule has 0 aliphatic carbocycles. The second-order valence-electron chi connectivity index (χ2n) is 28.0. The van der Waals surface area contributed by atoms with E-state index in [1.54, 1.807) is 105 Å². The van der Waals surface area contributed by atoms with Gasteiger partial charge in [-0.3, -0.25) is 52.7 Å². The minimum Gasteiger partial charge on any atom is -0.508 e. The average molecular weight is 1460 g/mol. The second kappa shape index (κ2) is 38.1. The van der Waals surface area contributed by atoms with E-state index in [1.807, 2.05) is 13.8 Å². The molecule has 18 N–H and O–H groups in total. The normalized spacial score (nSPS) is 28.6. The third-order valence-corrected chi connectivity index (χ3v) is 19.1. The molecule has 0 saturated carbocycles. The van der Waals surface area contributed by atoms with Crippen molar-refractivity contribution >= 4 is 65.0 Å². The monoisotopic (exact) mass is 1460 g/mol. The number of hydrogen-bond donors (Lipinski definition) is 16. The fourth-order valence-electron chi connectivity index (χ4n) is 13.1. The molecule has 0 spiro atoms. The number of aliphatic hydroxyl groups is 4. The fourth-order valence-corrected chi connectivity index (χ4v) is 13.1. The molecule has 3 saturated heterocycles. The van der Waals surface area contributed by atoms with Crippen LogP contribution in [0.3, 0.4) is 0 Å². The first-order chi connectivity index (χ1) is 50.1. The van der Waals surface area contributed by atoms with E-state index < -0.39 is 187 Å². The van der Waals surface area contributed by atoms with E-state index in [9.17, 15) is 44.7 Å². The number of benzene rings is 4. The number of aromatic hydroxyl groups is 1. The third kappa shape index (κ3) is 22.3. The lowest BCUT2D eigenvalue weighted by atomic mass is 9.96. The molecule has 4 heterocycles. The maximum absolute atomic E-state index is 15.4. The van der Waals surface area contributed by atoms with E-state index in [1.165, 1.54) is 36.1 Å². The summed E-state index contributed by atoms with van der Waals surface area (Å²) < 4.78 is 5.73. The van der Waals surface area contributed by atoms with Crippen molar-refractivity contribution < 1.29 is 83.0 Å². The van der Waals surface area contributed by atoms with Crippen LogP contribution < -0.4 is 59.3 Å². The molecule has 105 heavy (non-hydrogen) atoms. The summed E-state index contributed by atoms with van der Waals surface area (Å²) in [5, 5.41) is 86.7. The van der Waals surface area contributed by atoms with Crippen molar-refractivity contribution in [3.05, 3.63) is 138 Å². The van der Waals surface area contributed by atoms with E-state index in [0.29, 0.717) is 28.7 Å². The number of nitrogens with zero attached hydrogens (tertiary/aromatic N) is 4. The molecule has 32 heteroatoms. The summed E-state index contributed by atoms with van der Waals surface area (Å²) in [6, 6.07) is 15.0. The number of nitrogens with two attached hydrogens (primary N) is 2. The second-order valence-corrected chi connectivity index (χ2v) is 28.0. The lowest BCUT2D eigenvalue weighted by Gasteiger charge is -2.42. The van der Waals surface area contributed by atoms with Crippen LogP contribution in [-0.4, -0.2) is 224 Å². The number of rotatable bonds is 20. The highest BCUT2D eigenvalue weighted by Crippen LogP contribution is 2.29. The number of phenolic OH excluding ortho intramolecular Hbond substituents is 1. The van der Waals surface area contributed by atoms with Gasteiger partial charge in [0.05, 0.1) is 25.1 Å². The van der Waals surface area contributed by atoms with Gasteiger partial charge in [-0.2, -0.15) is 5.11 Å². The first-order valence-electron chi connectivity index (χ1n) is 35.5. The number of phenols is 1. The van der Waals surface area contributed by atoms with Crippen molar-refractivity contribution in [1.29, 1.82) is 0 Å². The molecule has 4 aromatic carbocycles.